The second-order valence-corrected chi connectivity index (χ2v) is 5.27. The van der Waals surface area contributed by atoms with E-state index >= 15 is 0 Å². The van der Waals surface area contributed by atoms with Crippen LogP contribution in [0.3, 0.4) is 0 Å². The molecule has 7 heteroatoms. The van der Waals surface area contributed by atoms with Crippen molar-refractivity contribution < 1.29 is 4.92 Å². The van der Waals surface area contributed by atoms with Gasteiger partial charge in [-0.25, -0.2) is 4.98 Å². The van der Waals surface area contributed by atoms with Crippen LogP contribution in [0.25, 0.3) is 22.3 Å². The molecule has 0 aliphatic heterocycles. The number of hydrogen-bond acceptors (Lipinski definition) is 4. The molecular formula is C14H8BrN3O3. The topological polar surface area (TPSA) is 88.9 Å². The largest absolute Gasteiger partial charge is 0.306 e. The first-order valence-corrected chi connectivity index (χ1v) is 6.79. The van der Waals surface area contributed by atoms with E-state index in [2.05, 4.69) is 25.9 Å². The summed E-state index contributed by atoms with van der Waals surface area (Å²) in [4.78, 5) is 29.6. The molecule has 2 aromatic carbocycles. The van der Waals surface area contributed by atoms with E-state index in [4.69, 9.17) is 0 Å². The summed E-state index contributed by atoms with van der Waals surface area (Å²) in [5.41, 5.74) is 0.315. The minimum absolute atomic E-state index is 0.122. The fourth-order valence-electron chi connectivity index (χ4n) is 2.07. The summed E-state index contributed by atoms with van der Waals surface area (Å²) in [6.07, 6.45) is 0. The molecule has 0 aliphatic carbocycles. The summed E-state index contributed by atoms with van der Waals surface area (Å²) in [5.74, 6) is 0.179. The SMILES string of the molecule is O=c1[nH]c(-c2ccc(Br)cc2[N+](=O)[O-])nc2ccccc12. The zero-order chi connectivity index (χ0) is 15.0. The molecule has 1 heterocycles. The maximum Gasteiger partial charge on any atom is 0.281 e. The average molecular weight is 346 g/mol. The first-order chi connectivity index (χ1) is 10.1. The predicted octanol–water partition coefficient (Wildman–Crippen LogP) is 3.26. The molecule has 3 rings (SSSR count). The van der Waals surface area contributed by atoms with Crippen molar-refractivity contribution in [2.45, 2.75) is 0 Å². The molecular weight excluding hydrogens is 338 g/mol. The maximum atomic E-state index is 12.0. The van der Waals surface area contributed by atoms with Crippen molar-refractivity contribution in [2.75, 3.05) is 0 Å². The Balaban J connectivity index is 2.31. The van der Waals surface area contributed by atoms with Crippen LogP contribution < -0.4 is 5.56 Å². The van der Waals surface area contributed by atoms with Gasteiger partial charge in [0.15, 0.2) is 0 Å². The van der Waals surface area contributed by atoms with E-state index in [-0.39, 0.29) is 22.6 Å². The Morgan fingerprint density at radius 2 is 1.95 bits per heavy atom. The summed E-state index contributed by atoms with van der Waals surface area (Å²) >= 11 is 3.19. The van der Waals surface area contributed by atoms with Crippen LogP contribution in [0.1, 0.15) is 0 Å². The lowest BCUT2D eigenvalue weighted by molar-refractivity contribution is -0.384. The molecule has 0 aliphatic rings. The normalized spacial score (nSPS) is 10.7. The van der Waals surface area contributed by atoms with Crippen LogP contribution in [0.4, 0.5) is 5.69 Å². The van der Waals surface area contributed by atoms with E-state index in [9.17, 15) is 14.9 Å². The smallest absolute Gasteiger partial charge is 0.281 e. The molecule has 3 aromatic rings. The Morgan fingerprint density at radius 1 is 1.19 bits per heavy atom. The van der Waals surface area contributed by atoms with Crippen molar-refractivity contribution in [1.82, 2.24) is 9.97 Å². The van der Waals surface area contributed by atoms with Gasteiger partial charge in [0.05, 0.1) is 21.4 Å². The third kappa shape index (κ3) is 2.43. The second kappa shape index (κ2) is 5.10. The molecule has 0 spiro atoms. The lowest BCUT2D eigenvalue weighted by atomic mass is 10.1. The number of para-hydroxylation sites is 1. The molecule has 1 aromatic heterocycles. The number of nitro groups is 1. The summed E-state index contributed by atoms with van der Waals surface area (Å²) in [5, 5.41) is 11.6. The fourth-order valence-corrected chi connectivity index (χ4v) is 2.42. The molecule has 104 valence electrons. The zero-order valence-electron chi connectivity index (χ0n) is 10.5. The van der Waals surface area contributed by atoms with E-state index in [1.54, 1.807) is 36.4 Å². The number of fused-ring (bicyclic) bond motifs is 1. The minimum Gasteiger partial charge on any atom is -0.306 e. The number of aromatic amines is 1. The van der Waals surface area contributed by atoms with Crippen LogP contribution >= 0.6 is 15.9 Å². The fraction of sp³-hybridized carbons (Fsp3) is 0. The number of aromatic nitrogens is 2. The van der Waals surface area contributed by atoms with Crippen molar-refractivity contribution in [3.8, 4) is 11.4 Å². The highest BCUT2D eigenvalue weighted by atomic mass is 79.9. The Morgan fingerprint density at radius 3 is 2.71 bits per heavy atom. The first-order valence-electron chi connectivity index (χ1n) is 5.99. The van der Waals surface area contributed by atoms with E-state index in [0.717, 1.165) is 0 Å². The molecule has 6 nitrogen and oxygen atoms in total. The summed E-state index contributed by atoms with van der Waals surface area (Å²) in [7, 11) is 0. The van der Waals surface area contributed by atoms with Gasteiger partial charge in [0.2, 0.25) is 0 Å². The van der Waals surface area contributed by atoms with Crippen molar-refractivity contribution in [1.29, 1.82) is 0 Å². The van der Waals surface area contributed by atoms with Gasteiger partial charge in [-0.05, 0) is 24.3 Å². The quantitative estimate of drug-likeness (QED) is 0.570. The lowest BCUT2D eigenvalue weighted by Gasteiger charge is -2.04. The molecule has 0 amide bonds. The predicted molar refractivity (Wildman–Crippen MR) is 82.2 cm³/mol. The molecule has 0 bridgehead atoms. The van der Waals surface area contributed by atoms with Crippen molar-refractivity contribution in [2.24, 2.45) is 0 Å². The van der Waals surface area contributed by atoms with Gasteiger partial charge in [-0.15, -0.1) is 0 Å². The van der Waals surface area contributed by atoms with Gasteiger partial charge >= 0.3 is 0 Å². The van der Waals surface area contributed by atoms with Crippen LogP contribution in [-0.4, -0.2) is 14.9 Å². The summed E-state index contributed by atoms with van der Waals surface area (Å²) < 4.78 is 0.584. The Kier molecular flexibility index (Phi) is 3.26. The number of halogens is 1. The molecule has 21 heavy (non-hydrogen) atoms. The van der Waals surface area contributed by atoms with Crippen LogP contribution in [0.2, 0.25) is 0 Å². The van der Waals surface area contributed by atoms with Crippen molar-refractivity contribution >= 4 is 32.5 Å². The Labute approximate surface area is 126 Å². The second-order valence-electron chi connectivity index (χ2n) is 4.35. The van der Waals surface area contributed by atoms with Crippen LogP contribution in [0.5, 0.6) is 0 Å². The summed E-state index contributed by atoms with van der Waals surface area (Å²) in [6.45, 7) is 0. The molecule has 0 fully saturated rings. The number of hydrogen-bond donors (Lipinski definition) is 1. The number of nitro benzene ring substituents is 1. The van der Waals surface area contributed by atoms with Crippen molar-refractivity contribution in [3.63, 3.8) is 0 Å². The highest BCUT2D eigenvalue weighted by molar-refractivity contribution is 9.10. The highest BCUT2D eigenvalue weighted by Crippen LogP contribution is 2.30. The van der Waals surface area contributed by atoms with Crippen molar-refractivity contribution in [3.05, 3.63) is 67.4 Å². The van der Waals surface area contributed by atoms with Gasteiger partial charge in [0, 0.05) is 10.5 Å². The van der Waals surface area contributed by atoms with Crippen LogP contribution in [0, 0.1) is 10.1 Å². The van der Waals surface area contributed by atoms with Gasteiger partial charge in [0.1, 0.15) is 5.82 Å². The van der Waals surface area contributed by atoms with Gasteiger partial charge in [0.25, 0.3) is 11.2 Å². The Bertz CT molecular complexity index is 921. The molecule has 0 saturated heterocycles. The monoisotopic (exact) mass is 345 g/mol. The minimum atomic E-state index is -0.505. The van der Waals surface area contributed by atoms with Crippen LogP contribution in [-0.2, 0) is 0 Å². The number of H-pyrrole nitrogens is 1. The van der Waals surface area contributed by atoms with E-state index < -0.39 is 4.92 Å². The molecule has 0 unspecified atom stereocenters. The van der Waals surface area contributed by atoms with E-state index in [1.807, 2.05) is 0 Å². The van der Waals surface area contributed by atoms with Gasteiger partial charge in [-0.2, -0.15) is 0 Å². The number of nitrogens with zero attached hydrogens (tertiary/aromatic N) is 2. The third-order valence-corrected chi connectivity index (χ3v) is 3.52. The molecule has 0 atom stereocenters. The Hall–Kier alpha value is -2.54. The van der Waals surface area contributed by atoms with Crippen LogP contribution in [0.15, 0.2) is 51.7 Å². The number of nitrogens with one attached hydrogen (secondary N) is 1. The maximum absolute atomic E-state index is 12.0. The highest BCUT2D eigenvalue weighted by Gasteiger charge is 2.18. The van der Waals surface area contributed by atoms with Gasteiger partial charge in [-0.1, -0.05) is 28.1 Å². The lowest BCUT2D eigenvalue weighted by Crippen LogP contribution is -2.10. The van der Waals surface area contributed by atoms with E-state index in [0.29, 0.717) is 15.4 Å². The summed E-state index contributed by atoms with van der Waals surface area (Å²) in [6, 6.07) is 11.4. The molecule has 0 saturated carbocycles. The third-order valence-electron chi connectivity index (χ3n) is 3.02. The van der Waals surface area contributed by atoms with Gasteiger partial charge in [-0.3, -0.25) is 14.9 Å². The van der Waals surface area contributed by atoms with E-state index in [1.165, 1.54) is 6.07 Å². The first kappa shape index (κ1) is 13.4. The molecule has 0 radical (unpaired) electrons. The standard InChI is InChI=1S/C14H8BrN3O3/c15-8-5-6-10(12(7-8)18(20)21)13-16-11-4-2-1-3-9(11)14(19)17-13/h1-7H,(H,16,17,19). The number of rotatable bonds is 2. The van der Waals surface area contributed by atoms with Gasteiger partial charge < -0.3 is 4.98 Å². The molecule has 1 N–H and O–H groups in total. The number of benzene rings is 2. The average Bonchev–Trinajstić information content (AvgIpc) is 2.47. The zero-order valence-corrected chi connectivity index (χ0v) is 12.1.